The minimum Gasteiger partial charge on any atom is -0.361 e. The van der Waals surface area contributed by atoms with E-state index < -0.39 is 0 Å². The van der Waals surface area contributed by atoms with Crippen LogP contribution in [-0.2, 0) is 11.2 Å². The molecule has 0 bridgehead atoms. The van der Waals surface area contributed by atoms with Crippen LogP contribution in [0, 0.1) is 19.7 Å². The Kier molecular flexibility index (Phi) is 6.30. The van der Waals surface area contributed by atoms with Gasteiger partial charge in [0.05, 0.1) is 17.7 Å². The first-order valence-corrected chi connectivity index (χ1v) is 10.6. The van der Waals surface area contributed by atoms with E-state index in [9.17, 15) is 14.0 Å². The molecule has 0 saturated carbocycles. The highest BCUT2D eigenvalue weighted by atomic mass is 19.1. The Morgan fingerprint density at radius 2 is 1.97 bits per heavy atom. The quantitative estimate of drug-likeness (QED) is 0.653. The van der Waals surface area contributed by atoms with Gasteiger partial charge in [-0.05, 0) is 63.1 Å². The third kappa shape index (κ3) is 4.85. The Labute approximate surface area is 185 Å². The van der Waals surface area contributed by atoms with E-state index in [4.69, 9.17) is 4.52 Å². The molecule has 3 aromatic rings. The highest BCUT2D eigenvalue weighted by molar-refractivity contribution is 6.04. The lowest BCUT2D eigenvalue weighted by Gasteiger charge is -2.32. The van der Waals surface area contributed by atoms with Crippen molar-refractivity contribution in [1.82, 2.24) is 15.0 Å². The zero-order valence-corrected chi connectivity index (χ0v) is 18.1. The van der Waals surface area contributed by atoms with Crippen molar-refractivity contribution < 1.29 is 18.5 Å². The number of piperidine rings is 1. The summed E-state index contributed by atoms with van der Waals surface area (Å²) < 4.78 is 18.2. The van der Waals surface area contributed by atoms with E-state index in [1.54, 1.807) is 12.3 Å². The number of likely N-dealkylation sites (tertiary alicyclic amines) is 1. The minimum atomic E-state index is -0.360. The summed E-state index contributed by atoms with van der Waals surface area (Å²) in [4.78, 5) is 31.6. The molecule has 2 amide bonds. The molecule has 32 heavy (non-hydrogen) atoms. The number of hydrogen-bond acceptors (Lipinski definition) is 5. The van der Waals surface area contributed by atoms with Crippen molar-refractivity contribution in [2.75, 3.05) is 18.4 Å². The number of pyridine rings is 1. The zero-order chi connectivity index (χ0) is 22.7. The van der Waals surface area contributed by atoms with Crippen LogP contribution in [0.5, 0.6) is 0 Å². The third-order valence-electron chi connectivity index (χ3n) is 5.85. The lowest BCUT2D eigenvalue weighted by atomic mass is 9.93. The topological polar surface area (TPSA) is 88.3 Å². The van der Waals surface area contributed by atoms with E-state index in [1.807, 2.05) is 24.8 Å². The first-order chi connectivity index (χ1) is 15.4. The number of carbonyl (C=O) groups excluding carboxylic acids is 2. The molecule has 1 saturated heterocycles. The molecule has 0 aliphatic carbocycles. The van der Waals surface area contributed by atoms with E-state index >= 15 is 0 Å². The van der Waals surface area contributed by atoms with E-state index in [2.05, 4.69) is 15.5 Å². The van der Waals surface area contributed by atoms with Crippen molar-refractivity contribution in [2.24, 2.45) is 0 Å². The van der Waals surface area contributed by atoms with E-state index in [-0.39, 0.29) is 30.0 Å². The maximum Gasteiger partial charge on any atom is 0.257 e. The minimum absolute atomic E-state index is 0.0550. The molecule has 7 nitrogen and oxygen atoms in total. The molecule has 3 heterocycles. The van der Waals surface area contributed by atoms with Gasteiger partial charge in [-0.3, -0.25) is 14.6 Å². The monoisotopic (exact) mass is 436 g/mol. The van der Waals surface area contributed by atoms with Gasteiger partial charge in [0.15, 0.2) is 0 Å². The maximum absolute atomic E-state index is 13.0. The molecule has 4 rings (SSSR count). The zero-order valence-electron chi connectivity index (χ0n) is 18.1. The van der Waals surface area contributed by atoms with Crippen molar-refractivity contribution in [2.45, 2.75) is 39.0 Å². The van der Waals surface area contributed by atoms with Crippen molar-refractivity contribution in [3.8, 4) is 0 Å². The van der Waals surface area contributed by atoms with Gasteiger partial charge in [0.2, 0.25) is 5.91 Å². The van der Waals surface area contributed by atoms with Crippen LogP contribution in [0.15, 0.2) is 47.1 Å². The van der Waals surface area contributed by atoms with Crippen molar-refractivity contribution in [1.29, 1.82) is 0 Å². The Morgan fingerprint density at radius 1 is 1.19 bits per heavy atom. The standard InChI is InChI=1S/C24H25FN4O3/c1-15-21(16(2)32-28-15)12-23(30)29-11-3-4-18(14-29)22-10-5-17(13-26-22)24(31)27-20-8-6-19(25)7-9-20/h5-10,13,18H,3-4,11-12,14H2,1-2H3,(H,27,31)/t18-/m0/s1. The number of benzene rings is 1. The van der Waals surface area contributed by atoms with Crippen molar-refractivity contribution >= 4 is 17.5 Å². The van der Waals surface area contributed by atoms with Crippen molar-refractivity contribution in [3.05, 3.63) is 76.7 Å². The summed E-state index contributed by atoms with van der Waals surface area (Å²) in [7, 11) is 0. The van der Waals surface area contributed by atoms with Crippen LogP contribution in [-0.4, -0.2) is 39.9 Å². The Balaban J connectivity index is 1.38. The largest absolute Gasteiger partial charge is 0.361 e. The number of hydrogen-bond donors (Lipinski definition) is 1. The highest BCUT2D eigenvalue weighted by Gasteiger charge is 2.27. The molecule has 1 fully saturated rings. The van der Waals surface area contributed by atoms with Crippen LogP contribution < -0.4 is 5.32 Å². The predicted octanol–water partition coefficient (Wildman–Crippen LogP) is 4.03. The Hall–Kier alpha value is -3.55. The molecular formula is C24H25FN4O3. The van der Waals surface area contributed by atoms with Crippen molar-refractivity contribution in [3.63, 3.8) is 0 Å². The average Bonchev–Trinajstić information content (AvgIpc) is 3.13. The number of rotatable bonds is 5. The van der Waals surface area contributed by atoms with Crippen LogP contribution in [0.1, 0.15) is 51.8 Å². The van der Waals surface area contributed by atoms with Gasteiger partial charge in [-0.2, -0.15) is 0 Å². The smallest absolute Gasteiger partial charge is 0.257 e. The van der Waals surface area contributed by atoms with Crippen LogP contribution in [0.25, 0.3) is 0 Å². The maximum atomic E-state index is 13.0. The highest BCUT2D eigenvalue weighted by Crippen LogP contribution is 2.27. The molecule has 1 aliphatic rings. The summed E-state index contributed by atoms with van der Waals surface area (Å²) in [6, 6.07) is 9.16. The second-order valence-corrected chi connectivity index (χ2v) is 8.09. The third-order valence-corrected chi connectivity index (χ3v) is 5.85. The first kappa shape index (κ1) is 21.7. The molecule has 0 unspecified atom stereocenters. The first-order valence-electron chi connectivity index (χ1n) is 10.6. The number of aryl methyl sites for hydroxylation is 2. The molecule has 1 atom stereocenters. The second-order valence-electron chi connectivity index (χ2n) is 8.09. The van der Waals surface area contributed by atoms with Gasteiger partial charge in [-0.25, -0.2) is 4.39 Å². The summed E-state index contributed by atoms with van der Waals surface area (Å²) >= 11 is 0. The summed E-state index contributed by atoms with van der Waals surface area (Å²) in [5, 5.41) is 6.65. The summed E-state index contributed by atoms with van der Waals surface area (Å²) in [6.45, 7) is 4.97. The van der Waals surface area contributed by atoms with Crippen LogP contribution in [0.3, 0.4) is 0 Å². The lowest BCUT2D eigenvalue weighted by Crippen LogP contribution is -2.40. The van der Waals surface area contributed by atoms with E-state index in [1.165, 1.54) is 24.3 Å². The molecule has 1 aromatic carbocycles. The predicted molar refractivity (Wildman–Crippen MR) is 117 cm³/mol. The number of amides is 2. The number of carbonyl (C=O) groups is 2. The summed E-state index contributed by atoms with van der Waals surface area (Å²) in [5.74, 6) is 0.183. The Morgan fingerprint density at radius 3 is 2.62 bits per heavy atom. The number of anilines is 1. The number of nitrogens with one attached hydrogen (secondary N) is 1. The second kappa shape index (κ2) is 9.30. The fourth-order valence-corrected chi connectivity index (χ4v) is 3.98. The van der Waals surface area contributed by atoms with Gasteiger partial charge in [0.25, 0.3) is 5.91 Å². The number of halogens is 1. The SMILES string of the molecule is Cc1noc(C)c1CC(=O)N1CCC[C@H](c2ccc(C(=O)Nc3ccc(F)cc3)cn2)C1. The fourth-order valence-electron chi connectivity index (χ4n) is 3.98. The molecule has 8 heteroatoms. The molecule has 0 radical (unpaired) electrons. The number of aromatic nitrogens is 2. The van der Waals surface area contributed by atoms with Gasteiger partial charge < -0.3 is 14.7 Å². The normalized spacial score (nSPS) is 16.1. The summed E-state index contributed by atoms with van der Waals surface area (Å²) in [5.41, 5.74) is 3.39. The average molecular weight is 436 g/mol. The fraction of sp³-hybridized carbons (Fsp3) is 0.333. The van der Waals surface area contributed by atoms with Gasteiger partial charge in [-0.15, -0.1) is 0 Å². The van der Waals surface area contributed by atoms with Gasteiger partial charge >= 0.3 is 0 Å². The molecule has 2 aromatic heterocycles. The van der Waals surface area contributed by atoms with Crippen LogP contribution >= 0.6 is 0 Å². The molecule has 0 spiro atoms. The molecule has 166 valence electrons. The molecule has 1 aliphatic heterocycles. The van der Waals surface area contributed by atoms with Gasteiger partial charge in [0, 0.05) is 42.1 Å². The Bertz CT molecular complexity index is 1090. The number of nitrogens with zero attached hydrogens (tertiary/aromatic N) is 3. The molecular weight excluding hydrogens is 411 g/mol. The van der Waals surface area contributed by atoms with Gasteiger partial charge in [-0.1, -0.05) is 5.16 Å². The van der Waals surface area contributed by atoms with Crippen LogP contribution in [0.4, 0.5) is 10.1 Å². The van der Waals surface area contributed by atoms with Crippen LogP contribution in [0.2, 0.25) is 0 Å². The molecule has 1 N–H and O–H groups in total. The summed E-state index contributed by atoms with van der Waals surface area (Å²) in [6.07, 6.45) is 3.65. The lowest BCUT2D eigenvalue weighted by molar-refractivity contribution is -0.131. The van der Waals surface area contributed by atoms with E-state index in [0.717, 1.165) is 36.3 Å². The van der Waals surface area contributed by atoms with E-state index in [0.29, 0.717) is 23.6 Å². The van der Waals surface area contributed by atoms with Gasteiger partial charge in [0.1, 0.15) is 11.6 Å².